The van der Waals surface area contributed by atoms with E-state index in [4.69, 9.17) is 0 Å². The van der Waals surface area contributed by atoms with Gasteiger partial charge in [0.1, 0.15) is 11.9 Å². The highest BCUT2D eigenvalue weighted by Gasteiger charge is 2.30. The Balaban J connectivity index is 1.58. The quantitative estimate of drug-likeness (QED) is 0.856. The van der Waals surface area contributed by atoms with Crippen LogP contribution >= 0.6 is 0 Å². The summed E-state index contributed by atoms with van der Waals surface area (Å²) in [5.74, 6) is 0.206. The Kier molecular flexibility index (Phi) is 5.47. The van der Waals surface area contributed by atoms with Crippen molar-refractivity contribution in [1.29, 1.82) is 5.26 Å². The first kappa shape index (κ1) is 16.9. The van der Waals surface area contributed by atoms with Gasteiger partial charge >= 0.3 is 0 Å². The Morgan fingerprint density at radius 1 is 1.08 bits per heavy atom. The monoisotopic (exact) mass is 329 g/mol. The van der Waals surface area contributed by atoms with Crippen LogP contribution in [0.15, 0.2) is 24.3 Å². The molecule has 0 N–H and O–H groups in total. The van der Waals surface area contributed by atoms with Crippen molar-refractivity contribution in [2.75, 3.05) is 26.2 Å². The third-order valence-corrected chi connectivity index (χ3v) is 5.25. The number of carbonyl (C=O) groups excluding carboxylic acids is 1. The van der Waals surface area contributed by atoms with Gasteiger partial charge < -0.3 is 4.90 Å². The molecular formula is C19H24FN3O. The van der Waals surface area contributed by atoms with Gasteiger partial charge in [-0.3, -0.25) is 9.69 Å². The first-order chi connectivity index (χ1) is 11.7. The van der Waals surface area contributed by atoms with Crippen LogP contribution in [0.25, 0.3) is 0 Å². The van der Waals surface area contributed by atoms with E-state index < -0.39 is 0 Å². The number of hydrogen-bond acceptors (Lipinski definition) is 3. The summed E-state index contributed by atoms with van der Waals surface area (Å²) in [4.78, 5) is 16.7. The Morgan fingerprint density at radius 2 is 1.71 bits per heavy atom. The van der Waals surface area contributed by atoms with E-state index in [0.717, 1.165) is 31.2 Å². The van der Waals surface area contributed by atoms with Crippen molar-refractivity contribution in [1.82, 2.24) is 9.80 Å². The van der Waals surface area contributed by atoms with Crippen molar-refractivity contribution in [2.24, 2.45) is 5.92 Å². The van der Waals surface area contributed by atoms with Crippen molar-refractivity contribution in [3.63, 3.8) is 0 Å². The van der Waals surface area contributed by atoms with Gasteiger partial charge in [0.05, 0.1) is 6.07 Å². The number of halogens is 1. The number of piperazine rings is 1. The molecule has 1 aliphatic heterocycles. The Bertz CT molecular complexity index is 596. The molecule has 0 spiro atoms. The van der Waals surface area contributed by atoms with Gasteiger partial charge in [-0.15, -0.1) is 0 Å². The second-order valence-electron chi connectivity index (χ2n) is 6.78. The first-order valence-corrected chi connectivity index (χ1v) is 8.87. The molecule has 5 heteroatoms. The molecule has 1 atom stereocenters. The van der Waals surface area contributed by atoms with Crippen LogP contribution in [0, 0.1) is 23.1 Å². The highest BCUT2D eigenvalue weighted by Crippen LogP contribution is 2.27. The molecule has 3 rings (SSSR count). The van der Waals surface area contributed by atoms with Gasteiger partial charge in [-0.2, -0.15) is 5.26 Å². The number of nitrogens with zero attached hydrogens (tertiary/aromatic N) is 3. The van der Waals surface area contributed by atoms with E-state index >= 15 is 0 Å². The molecule has 0 aromatic heterocycles. The highest BCUT2D eigenvalue weighted by molar-refractivity contribution is 5.79. The second kappa shape index (κ2) is 7.76. The van der Waals surface area contributed by atoms with Crippen molar-refractivity contribution < 1.29 is 9.18 Å². The molecule has 2 fully saturated rings. The average Bonchev–Trinajstić information content (AvgIpc) is 2.64. The van der Waals surface area contributed by atoms with Gasteiger partial charge in [-0.1, -0.05) is 31.4 Å². The van der Waals surface area contributed by atoms with Gasteiger partial charge in [-0.25, -0.2) is 4.39 Å². The highest BCUT2D eigenvalue weighted by atomic mass is 19.1. The molecule has 1 saturated carbocycles. The molecule has 0 bridgehead atoms. The van der Waals surface area contributed by atoms with Crippen LogP contribution in [-0.4, -0.2) is 41.9 Å². The van der Waals surface area contributed by atoms with Crippen LogP contribution in [0.1, 0.15) is 43.7 Å². The zero-order valence-corrected chi connectivity index (χ0v) is 14.0. The van der Waals surface area contributed by atoms with Crippen molar-refractivity contribution in [2.45, 2.75) is 38.1 Å². The van der Waals surface area contributed by atoms with Crippen LogP contribution in [0.4, 0.5) is 4.39 Å². The van der Waals surface area contributed by atoms with Gasteiger partial charge in [0.15, 0.2) is 0 Å². The normalized spacial score (nSPS) is 21.2. The lowest BCUT2D eigenvalue weighted by molar-refractivity contribution is -0.138. The summed E-state index contributed by atoms with van der Waals surface area (Å²) >= 11 is 0. The van der Waals surface area contributed by atoms with Crippen molar-refractivity contribution in [3.8, 4) is 6.07 Å². The van der Waals surface area contributed by atoms with Crippen molar-refractivity contribution in [3.05, 3.63) is 35.6 Å². The molecule has 24 heavy (non-hydrogen) atoms. The molecule has 0 radical (unpaired) electrons. The molecule has 1 saturated heterocycles. The summed E-state index contributed by atoms with van der Waals surface area (Å²) in [5, 5.41) is 9.51. The topological polar surface area (TPSA) is 47.3 Å². The first-order valence-electron chi connectivity index (χ1n) is 8.87. The maximum Gasteiger partial charge on any atom is 0.225 e. The number of rotatable bonds is 3. The Labute approximate surface area is 142 Å². The molecule has 1 heterocycles. The molecule has 1 amide bonds. The SMILES string of the molecule is N#CC(c1ccc(F)cc1)N1CCN(C(=O)C2CCCCC2)CC1. The van der Waals surface area contributed by atoms with Gasteiger partial charge in [-0.05, 0) is 30.5 Å². The van der Waals surface area contributed by atoms with Gasteiger partial charge in [0.25, 0.3) is 0 Å². The molecule has 1 aromatic rings. The lowest BCUT2D eigenvalue weighted by Gasteiger charge is -2.38. The van der Waals surface area contributed by atoms with Gasteiger partial charge in [0, 0.05) is 32.1 Å². The average molecular weight is 329 g/mol. The Hall–Kier alpha value is -1.93. The number of carbonyl (C=O) groups is 1. The maximum absolute atomic E-state index is 13.1. The summed E-state index contributed by atoms with van der Waals surface area (Å²) in [6.45, 7) is 2.73. The number of nitriles is 1. The Morgan fingerprint density at radius 3 is 2.29 bits per heavy atom. The van der Waals surface area contributed by atoms with E-state index in [-0.39, 0.29) is 17.8 Å². The van der Waals surface area contributed by atoms with E-state index in [1.165, 1.54) is 18.6 Å². The number of benzene rings is 1. The maximum atomic E-state index is 13.1. The van der Waals surface area contributed by atoms with E-state index in [0.29, 0.717) is 32.1 Å². The summed E-state index contributed by atoms with van der Waals surface area (Å²) in [6.07, 6.45) is 5.62. The third-order valence-electron chi connectivity index (χ3n) is 5.25. The minimum atomic E-state index is -0.377. The van der Waals surface area contributed by atoms with Crippen LogP contribution in [0.5, 0.6) is 0 Å². The van der Waals surface area contributed by atoms with Crippen molar-refractivity contribution >= 4 is 5.91 Å². The summed E-state index contributed by atoms with van der Waals surface area (Å²) in [5.41, 5.74) is 0.811. The van der Waals surface area contributed by atoms with Crippen LogP contribution in [0.3, 0.4) is 0 Å². The predicted octanol–water partition coefficient (Wildman–Crippen LogP) is 3.11. The van der Waals surface area contributed by atoms with Crippen LogP contribution in [0.2, 0.25) is 0 Å². The lowest BCUT2D eigenvalue weighted by Crippen LogP contribution is -2.51. The second-order valence-corrected chi connectivity index (χ2v) is 6.78. The smallest absolute Gasteiger partial charge is 0.225 e. The largest absolute Gasteiger partial charge is 0.340 e. The minimum Gasteiger partial charge on any atom is -0.340 e. The zero-order valence-electron chi connectivity index (χ0n) is 14.0. The fourth-order valence-electron chi connectivity index (χ4n) is 3.82. The third kappa shape index (κ3) is 3.76. The molecule has 1 aliphatic carbocycles. The summed E-state index contributed by atoms with van der Waals surface area (Å²) < 4.78 is 13.1. The summed E-state index contributed by atoms with van der Waals surface area (Å²) in [6, 6.07) is 8.06. The van der Waals surface area contributed by atoms with E-state index in [1.807, 2.05) is 4.90 Å². The zero-order chi connectivity index (χ0) is 16.9. The predicted molar refractivity (Wildman–Crippen MR) is 89.5 cm³/mol. The molecule has 4 nitrogen and oxygen atoms in total. The molecule has 1 aromatic carbocycles. The summed E-state index contributed by atoms with van der Waals surface area (Å²) in [7, 11) is 0. The fraction of sp³-hybridized carbons (Fsp3) is 0.579. The molecule has 2 aliphatic rings. The molecule has 128 valence electrons. The lowest BCUT2D eigenvalue weighted by atomic mass is 9.88. The fourth-order valence-corrected chi connectivity index (χ4v) is 3.82. The van der Waals surface area contributed by atoms with Gasteiger partial charge in [0.2, 0.25) is 5.91 Å². The standard InChI is InChI=1S/C19H24FN3O/c20-17-8-6-15(7-9-17)18(14-21)22-10-12-23(13-11-22)19(24)16-4-2-1-3-5-16/h6-9,16,18H,1-5,10-13H2. The van der Waals surface area contributed by atoms with Crippen LogP contribution in [-0.2, 0) is 4.79 Å². The van der Waals surface area contributed by atoms with E-state index in [9.17, 15) is 14.4 Å². The van der Waals surface area contributed by atoms with E-state index in [2.05, 4.69) is 11.0 Å². The van der Waals surface area contributed by atoms with E-state index in [1.54, 1.807) is 12.1 Å². The molecular weight excluding hydrogens is 305 g/mol. The molecule has 1 unspecified atom stereocenters. The number of amides is 1. The number of hydrogen-bond donors (Lipinski definition) is 0. The minimum absolute atomic E-state index is 0.203. The van der Waals surface area contributed by atoms with Crippen LogP contribution < -0.4 is 0 Å².